The van der Waals surface area contributed by atoms with E-state index in [9.17, 15) is 14.4 Å². The van der Waals surface area contributed by atoms with Crippen LogP contribution in [0.5, 0.6) is 11.5 Å². The number of urea groups is 1. The molecule has 0 N–H and O–H groups in total. The predicted molar refractivity (Wildman–Crippen MR) is 177 cm³/mol. The van der Waals surface area contributed by atoms with Crippen LogP contribution in [-0.4, -0.2) is 24.5 Å². The quantitative estimate of drug-likeness (QED) is 0.129. The van der Waals surface area contributed by atoms with Gasteiger partial charge in [-0.3, -0.25) is 9.59 Å². The Bertz CT molecular complexity index is 1890. The average molecular weight is 617 g/mol. The van der Waals surface area contributed by atoms with Gasteiger partial charge in [-0.1, -0.05) is 84.4 Å². The van der Waals surface area contributed by atoms with E-state index in [1.807, 2.05) is 26.0 Å². The number of carbonyl (C=O) groups excluding carboxylic acids is 3. The first-order valence-corrected chi connectivity index (χ1v) is 14.9. The Morgan fingerprint density at radius 1 is 0.733 bits per heavy atom. The summed E-state index contributed by atoms with van der Waals surface area (Å²) in [7, 11) is 0. The van der Waals surface area contributed by atoms with Gasteiger partial charge in [-0.25, -0.2) is 14.6 Å². The molecule has 1 fully saturated rings. The second-order valence-corrected chi connectivity index (χ2v) is 10.8. The average Bonchev–Trinajstić information content (AvgIpc) is 3.05. The summed E-state index contributed by atoms with van der Waals surface area (Å²) in [5.74, 6) is -0.781. The number of halogens is 1. The zero-order valence-corrected chi connectivity index (χ0v) is 25.5. The summed E-state index contributed by atoms with van der Waals surface area (Å²) in [5, 5.41) is 2.44. The first kappa shape index (κ1) is 29.7. The van der Waals surface area contributed by atoms with E-state index in [1.54, 1.807) is 72.8 Å². The molecule has 0 unspecified atom stereocenters. The number of anilines is 2. The molecule has 0 spiro atoms. The number of carbonyl (C=O) groups is 3. The highest BCUT2D eigenvalue weighted by Crippen LogP contribution is 2.39. The second kappa shape index (κ2) is 12.7. The monoisotopic (exact) mass is 616 g/mol. The third-order valence-corrected chi connectivity index (χ3v) is 7.84. The number of benzene rings is 5. The lowest BCUT2D eigenvalue weighted by Gasteiger charge is -2.34. The fraction of sp³-hybridized carbons (Fsp3) is 0.108. The van der Waals surface area contributed by atoms with Crippen LogP contribution in [0.4, 0.5) is 16.2 Å². The second-order valence-electron chi connectivity index (χ2n) is 10.4. The minimum atomic E-state index is -0.764. The number of amides is 4. The van der Waals surface area contributed by atoms with E-state index < -0.39 is 17.8 Å². The van der Waals surface area contributed by atoms with Crippen LogP contribution in [0.2, 0.25) is 5.02 Å². The van der Waals surface area contributed by atoms with Gasteiger partial charge in [0.2, 0.25) is 0 Å². The highest BCUT2D eigenvalue weighted by Gasteiger charge is 2.43. The molecule has 7 nitrogen and oxygen atoms in total. The standard InChI is InChI=1S/C37H29ClN2O5/c1-3-44-33-22-25(21-32(38)34(33)45-23-31-24(2)18-19-26-12-10-11-17-29(26)31)20-30-35(41)39(27-13-6-4-7-14-27)37(43)40(36(30)42)28-15-8-5-9-16-28/h4-22H,3,23H2,1-2H3. The van der Waals surface area contributed by atoms with Crippen LogP contribution in [0.15, 0.2) is 115 Å². The molecule has 5 aromatic carbocycles. The number of para-hydroxylation sites is 2. The van der Waals surface area contributed by atoms with Crippen LogP contribution in [0.1, 0.15) is 23.6 Å². The summed E-state index contributed by atoms with van der Waals surface area (Å²) in [5.41, 5.74) is 3.02. The number of aryl methyl sites for hydroxylation is 1. The number of fused-ring (bicyclic) bond motifs is 1. The minimum absolute atomic E-state index is 0.208. The Morgan fingerprint density at radius 2 is 1.33 bits per heavy atom. The van der Waals surface area contributed by atoms with Crippen LogP contribution < -0.4 is 19.3 Å². The highest BCUT2D eigenvalue weighted by atomic mass is 35.5. The number of rotatable bonds is 8. The number of hydrogen-bond donors (Lipinski definition) is 0. The fourth-order valence-electron chi connectivity index (χ4n) is 5.36. The normalized spacial score (nSPS) is 13.4. The van der Waals surface area contributed by atoms with Gasteiger partial charge in [-0.15, -0.1) is 0 Å². The van der Waals surface area contributed by atoms with Crippen molar-refractivity contribution in [1.82, 2.24) is 0 Å². The van der Waals surface area contributed by atoms with E-state index >= 15 is 0 Å². The van der Waals surface area contributed by atoms with Gasteiger partial charge >= 0.3 is 6.03 Å². The highest BCUT2D eigenvalue weighted by molar-refractivity contribution is 6.46. The number of nitrogens with zero attached hydrogens (tertiary/aromatic N) is 2. The Hall–Kier alpha value is -5.40. The van der Waals surface area contributed by atoms with Crippen molar-refractivity contribution in [2.75, 3.05) is 16.4 Å². The zero-order valence-electron chi connectivity index (χ0n) is 24.7. The van der Waals surface area contributed by atoms with E-state index in [2.05, 4.69) is 24.3 Å². The van der Waals surface area contributed by atoms with Crippen LogP contribution >= 0.6 is 11.6 Å². The summed E-state index contributed by atoms with van der Waals surface area (Å²) in [4.78, 5) is 43.2. The lowest BCUT2D eigenvalue weighted by molar-refractivity contribution is -0.121. The molecule has 1 saturated heterocycles. The molecule has 0 atom stereocenters. The van der Waals surface area contributed by atoms with Crippen LogP contribution in [0.25, 0.3) is 16.8 Å². The third-order valence-electron chi connectivity index (χ3n) is 7.56. The molecule has 0 aromatic heterocycles. The first-order valence-electron chi connectivity index (χ1n) is 14.5. The Balaban J connectivity index is 1.39. The molecular formula is C37H29ClN2O5. The number of hydrogen-bond acceptors (Lipinski definition) is 5. The molecule has 1 heterocycles. The van der Waals surface area contributed by atoms with Crippen molar-refractivity contribution in [3.05, 3.63) is 136 Å². The van der Waals surface area contributed by atoms with Crippen molar-refractivity contribution in [1.29, 1.82) is 0 Å². The van der Waals surface area contributed by atoms with E-state index in [0.717, 1.165) is 31.7 Å². The van der Waals surface area contributed by atoms with Gasteiger partial charge < -0.3 is 9.47 Å². The predicted octanol–water partition coefficient (Wildman–Crippen LogP) is 8.36. The van der Waals surface area contributed by atoms with Crippen molar-refractivity contribution < 1.29 is 23.9 Å². The number of imide groups is 2. The van der Waals surface area contributed by atoms with Gasteiger partial charge in [-0.05, 0) is 78.2 Å². The maximum absolute atomic E-state index is 13.8. The molecule has 1 aliphatic rings. The molecule has 0 aliphatic carbocycles. The smallest absolute Gasteiger partial charge is 0.343 e. The van der Waals surface area contributed by atoms with Gasteiger partial charge in [0, 0.05) is 5.56 Å². The molecule has 0 radical (unpaired) electrons. The van der Waals surface area contributed by atoms with Crippen molar-refractivity contribution >= 4 is 57.7 Å². The van der Waals surface area contributed by atoms with E-state index in [4.69, 9.17) is 21.1 Å². The van der Waals surface area contributed by atoms with Crippen LogP contribution in [0, 0.1) is 6.92 Å². The van der Waals surface area contributed by atoms with Crippen LogP contribution in [0.3, 0.4) is 0 Å². The summed E-state index contributed by atoms with van der Waals surface area (Å²) >= 11 is 6.78. The number of ether oxygens (including phenoxy) is 2. The SMILES string of the molecule is CCOc1cc(C=C2C(=O)N(c3ccccc3)C(=O)N(c3ccccc3)C2=O)cc(Cl)c1OCc1c(C)ccc2ccccc12. The van der Waals surface area contributed by atoms with Gasteiger partial charge in [0.05, 0.1) is 23.0 Å². The van der Waals surface area contributed by atoms with E-state index in [0.29, 0.717) is 35.0 Å². The number of barbiturate groups is 1. The zero-order chi connectivity index (χ0) is 31.5. The van der Waals surface area contributed by atoms with Gasteiger partial charge in [0.25, 0.3) is 11.8 Å². The van der Waals surface area contributed by atoms with Crippen molar-refractivity contribution in [2.24, 2.45) is 0 Å². The lowest BCUT2D eigenvalue weighted by Crippen LogP contribution is -2.57. The molecular weight excluding hydrogens is 588 g/mol. The topological polar surface area (TPSA) is 76.2 Å². The van der Waals surface area contributed by atoms with E-state index in [-0.39, 0.29) is 17.2 Å². The summed E-state index contributed by atoms with van der Waals surface area (Å²) < 4.78 is 12.2. The molecule has 4 amide bonds. The van der Waals surface area contributed by atoms with Crippen LogP contribution in [-0.2, 0) is 16.2 Å². The Labute approximate surface area is 265 Å². The van der Waals surface area contributed by atoms with E-state index in [1.165, 1.54) is 6.08 Å². The summed E-state index contributed by atoms with van der Waals surface area (Å²) in [6, 6.07) is 31.7. The Kier molecular flexibility index (Phi) is 8.36. The fourth-order valence-corrected chi connectivity index (χ4v) is 5.63. The summed E-state index contributed by atoms with van der Waals surface area (Å²) in [6.45, 7) is 4.46. The molecule has 1 aliphatic heterocycles. The lowest BCUT2D eigenvalue weighted by atomic mass is 10.0. The maximum Gasteiger partial charge on any atom is 0.343 e. The van der Waals surface area contributed by atoms with Crippen molar-refractivity contribution in [3.63, 3.8) is 0 Å². The largest absolute Gasteiger partial charge is 0.490 e. The molecule has 6 rings (SSSR count). The molecule has 45 heavy (non-hydrogen) atoms. The molecule has 8 heteroatoms. The Morgan fingerprint density at radius 3 is 1.96 bits per heavy atom. The maximum atomic E-state index is 13.8. The minimum Gasteiger partial charge on any atom is -0.490 e. The molecule has 0 bridgehead atoms. The molecule has 5 aromatic rings. The molecule has 0 saturated carbocycles. The van der Waals surface area contributed by atoms with Gasteiger partial charge in [0.15, 0.2) is 11.5 Å². The first-order chi connectivity index (χ1) is 21.9. The van der Waals surface area contributed by atoms with Crippen molar-refractivity contribution in [3.8, 4) is 11.5 Å². The van der Waals surface area contributed by atoms with Gasteiger partial charge in [0.1, 0.15) is 12.2 Å². The van der Waals surface area contributed by atoms with Gasteiger partial charge in [-0.2, -0.15) is 0 Å². The molecule has 224 valence electrons. The third kappa shape index (κ3) is 5.78. The summed E-state index contributed by atoms with van der Waals surface area (Å²) in [6.07, 6.45) is 1.43. The van der Waals surface area contributed by atoms with Crippen molar-refractivity contribution in [2.45, 2.75) is 20.5 Å².